The number of nitrogens with one attached hydrogen (secondary N) is 1. The van der Waals surface area contributed by atoms with Crippen LogP contribution in [-0.2, 0) is 4.79 Å². The average Bonchev–Trinajstić information content (AvgIpc) is 3.03. The minimum Gasteiger partial charge on any atom is -0.340 e. The van der Waals surface area contributed by atoms with E-state index < -0.39 is 17.5 Å². The van der Waals surface area contributed by atoms with Gasteiger partial charge in [0.15, 0.2) is 4.96 Å². The number of fused-ring (bicyclic) bond motifs is 1. The largest absolute Gasteiger partial charge is 0.340 e. The fraction of sp³-hybridized carbons (Fsp3) is 0.250. The van der Waals surface area contributed by atoms with Crippen LogP contribution < -0.4 is 10.9 Å². The van der Waals surface area contributed by atoms with Crippen LogP contribution in [0.5, 0.6) is 0 Å². The van der Waals surface area contributed by atoms with Crippen molar-refractivity contribution >= 4 is 28.1 Å². The Balaban J connectivity index is 2.16. The second-order valence-electron chi connectivity index (χ2n) is 5.05. The number of thiazole rings is 1. The summed E-state index contributed by atoms with van der Waals surface area (Å²) in [4.78, 5) is 43.0. The highest BCUT2D eigenvalue weighted by Gasteiger charge is 2.23. The van der Waals surface area contributed by atoms with Crippen molar-refractivity contribution in [1.82, 2.24) is 19.6 Å². The molecule has 0 aromatic carbocycles. The Kier molecular flexibility index (Phi) is 5.64. The Morgan fingerprint density at radius 2 is 2.08 bits per heavy atom. The zero-order chi connectivity index (χ0) is 17.7. The normalized spacial score (nSPS) is 11.7. The molecule has 1 unspecified atom stereocenters. The van der Waals surface area contributed by atoms with Crippen LogP contribution in [0.1, 0.15) is 17.3 Å². The van der Waals surface area contributed by atoms with Crippen LogP contribution >= 0.6 is 11.3 Å². The maximum absolute atomic E-state index is 12.4. The first-order chi connectivity index (χ1) is 11.5. The second kappa shape index (κ2) is 7.69. The van der Waals surface area contributed by atoms with Crippen LogP contribution in [0.2, 0.25) is 0 Å². The monoisotopic (exact) mass is 346 g/mol. The zero-order valence-electron chi connectivity index (χ0n) is 13.3. The van der Waals surface area contributed by atoms with Gasteiger partial charge in [-0.05, 0) is 6.92 Å². The third-order valence-corrected chi connectivity index (χ3v) is 4.09. The maximum atomic E-state index is 12.4. The molecule has 126 valence electrons. The van der Waals surface area contributed by atoms with Gasteiger partial charge in [0.2, 0.25) is 5.91 Å². The minimum absolute atomic E-state index is 0.107. The molecular formula is C16H18N4O3S. The fourth-order valence-electron chi connectivity index (χ4n) is 2.16. The molecule has 0 aliphatic carbocycles. The van der Waals surface area contributed by atoms with Gasteiger partial charge in [-0.15, -0.1) is 24.5 Å². The van der Waals surface area contributed by atoms with Gasteiger partial charge in [0.25, 0.3) is 11.5 Å². The van der Waals surface area contributed by atoms with E-state index in [1.54, 1.807) is 30.7 Å². The Labute approximate surface area is 142 Å². The van der Waals surface area contributed by atoms with Crippen molar-refractivity contribution in [2.24, 2.45) is 0 Å². The summed E-state index contributed by atoms with van der Waals surface area (Å²) in [5, 5.41) is 4.25. The second-order valence-corrected chi connectivity index (χ2v) is 5.92. The third kappa shape index (κ3) is 3.60. The highest BCUT2D eigenvalue weighted by molar-refractivity contribution is 7.15. The molecule has 24 heavy (non-hydrogen) atoms. The summed E-state index contributed by atoms with van der Waals surface area (Å²) in [5.74, 6) is -0.918. The van der Waals surface area contributed by atoms with Crippen molar-refractivity contribution in [3.8, 4) is 0 Å². The first-order valence-electron chi connectivity index (χ1n) is 7.26. The topological polar surface area (TPSA) is 83.8 Å². The molecule has 2 aromatic rings. The van der Waals surface area contributed by atoms with Crippen LogP contribution in [0, 0.1) is 0 Å². The standard InChI is InChI=1S/C16H18N4O3S/c1-4-6-19(7-5-2)14(22)11(3)18-13(21)12-10-17-16-20(15(12)23)8-9-24-16/h4-5,8-11H,1-2,6-7H2,3H3,(H,18,21). The molecule has 2 aromatic heterocycles. The first kappa shape index (κ1) is 17.6. The van der Waals surface area contributed by atoms with E-state index in [4.69, 9.17) is 0 Å². The lowest BCUT2D eigenvalue weighted by molar-refractivity contribution is -0.131. The van der Waals surface area contributed by atoms with E-state index in [0.29, 0.717) is 18.1 Å². The highest BCUT2D eigenvalue weighted by atomic mass is 32.1. The van der Waals surface area contributed by atoms with Crippen LogP contribution in [0.15, 0.2) is 47.9 Å². The smallest absolute Gasteiger partial charge is 0.271 e. The van der Waals surface area contributed by atoms with Crippen molar-refractivity contribution in [3.63, 3.8) is 0 Å². The molecule has 0 spiro atoms. The molecule has 0 radical (unpaired) electrons. The molecule has 0 saturated heterocycles. The first-order valence-corrected chi connectivity index (χ1v) is 8.13. The molecule has 7 nitrogen and oxygen atoms in total. The Morgan fingerprint density at radius 1 is 1.42 bits per heavy atom. The molecule has 0 aliphatic heterocycles. The summed E-state index contributed by atoms with van der Waals surface area (Å²) in [6.07, 6.45) is 5.97. The molecular weight excluding hydrogens is 328 g/mol. The Morgan fingerprint density at radius 3 is 2.71 bits per heavy atom. The van der Waals surface area contributed by atoms with E-state index >= 15 is 0 Å². The van der Waals surface area contributed by atoms with E-state index in [1.807, 2.05) is 0 Å². The van der Waals surface area contributed by atoms with Gasteiger partial charge >= 0.3 is 0 Å². The minimum atomic E-state index is -0.792. The van der Waals surface area contributed by atoms with Gasteiger partial charge in [-0.1, -0.05) is 12.2 Å². The van der Waals surface area contributed by atoms with E-state index in [0.717, 1.165) is 0 Å². The molecule has 0 bridgehead atoms. The van der Waals surface area contributed by atoms with Gasteiger partial charge in [0, 0.05) is 30.9 Å². The fourth-order valence-corrected chi connectivity index (χ4v) is 2.83. The summed E-state index contributed by atoms with van der Waals surface area (Å²) >= 11 is 1.30. The van der Waals surface area contributed by atoms with Crippen molar-refractivity contribution < 1.29 is 9.59 Å². The SMILES string of the molecule is C=CCN(CC=C)C(=O)C(C)NC(=O)c1cnc2sccn2c1=O. The van der Waals surface area contributed by atoms with Crippen LogP contribution in [0.3, 0.4) is 0 Å². The Hall–Kier alpha value is -2.74. The van der Waals surface area contributed by atoms with Gasteiger partial charge in [-0.2, -0.15) is 0 Å². The van der Waals surface area contributed by atoms with E-state index in [1.165, 1.54) is 26.8 Å². The van der Waals surface area contributed by atoms with Crippen LogP contribution in [0.25, 0.3) is 4.96 Å². The number of nitrogens with zero attached hydrogens (tertiary/aromatic N) is 3. The number of aromatic nitrogens is 2. The number of amides is 2. The van der Waals surface area contributed by atoms with E-state index in [2.05, 4.69) is 23.5 Å². The zero-order valence-corrected chi connectivity index (χ0v) is 14.1. The van der Waals surface area contributed by atoms with Crippen LogP contribution in [-0.4, -0.2) is 45.2 Å². The number of rotatable bonds is 7. The van der Waals surface area contributed by atoms with E-state index in [-0.39, 0.29) is 11.5 Å². The number of hydrogen-bond donors (Lipinski definition) is 1. The van der Waals surface area contributed by atoms with Crippen molar-refractivity contribution in [3.05, 3.63) is 59.0 Å². The predicted molar refractivity (Wildman–Crippen MR) is 93.2 cm³/mol. The quantitative estimate of drug-likeness (QED) is 0.760. The van der Waals surface area contributed by atoms with Crippen molar-refractivity contribution in [2.75, 3.05) is 13.1 Å². The van der Waals surface area contributed by atoms with Crippen molar-refractivity contribution in [2.45, 2.75) is 13.0 Å². The summed E-state index contributed by atoms with van der Waals surface area (Å²) in [7, 11) is 0. The van der Waals surface area contributed by atoms with Gasteiger partial charge in [0.05, 0.1) is 0 Å². The van der Waals surface area contributed by atoms with Crippen LogP contribution in [0.4, 0.5) is 0 Å². The third-order valence-electron chi connectivity index (χ3n) is 3.32. The molecule has 0 saturated carbocycles. The van der Waals surface area contributed by atoms with Gasteiger partial charge in [-0.25, -0.2) is 4.98 Å². The molecule has 2 rings (SSSR count). The van der Waals surface area contributed by atoms with Crippen molar-refractivity contribution in [1.29, 1.82) is 0 Å². The predicted octanol–water partition coefficient (Wildman–Crippen LogP) is 1.07. The molecule has 1 atom stereocenters. The lowest BCUT2D eigenvalue weighted by atomic mass is 10.2. The van der Waals surface area contributed by atoms with Gasteiger partial charge in [-0.3, -0.25) is 18.8 Å². The molecule has 2 heterocycles. The van der Waals surface area contributed by atoms with Gasteiger partial charge in [0.1, 0.15) is 11.6 Å². The Bertz CT molecular complexity index is 829. The summed E-state index contributed by atoms with van der Waals surface area (Å²) in [6, 6.07) is -0.792. The lowest BCUT2D eigenvalue weighted by Gasteiger charge is -2.23. The summed E-state index contributed by atoms with van der Waals surface area (Å²) in [5.41, 5.74) is -0.572. The highest BCUT2D eigenvalue weighted by Crippen LogP contribution is 2.06. The number of carbonyl (C=O) groups is 2. The average molecular weight is 346 g/mol. The molecule has 0 aliphatic rings. The molecule has 1 N–H and O–H groups in total. The molecule has 0 fully saturated rings. The van der Waals surface area contributed by atoms with Gasteiger partial charge < -0.3 is 10.2 Å². The van der Waals surface area contributed by atoms with E-state index in [9.17, 15) is 14.4 Å². The molecule has 8 heteroatoms. The number of hydrogen-bond acceptors (Lipinski definition) is 5. The summed E-state index contributed by atoms with van der Waals surface area (Å²) < 4.78 is 1.30. The lowest BCUT2D eigenvalue weighted by Crippen LogP contribution is -2.48. The summed E-state index contributed by atoms with van der Waals surface area (Å²) in [6.45, 7) is 9.45. The number of carbonyl (C=O) groups excluding carboxylic acids is 2. The maximum Gasteiger partial charge on any atom is 0.271 e. The molecule has 2 amide bonds.